The van der Waals surface area contributed by atoms with Gasteiger partial charge in [-0.25, -0.2) is 4.79 Å². The van der Waals surface area contributed by atoms with Crippen LogP contribution in [0.3, 0.4) is 0 Å². The van der Waals surface area contributed by atoms with E-state index >= 15 is 0 Å². The summed E-state index contributed by atoms with van der Waals surface area (Å²) in [4.78, 5) is 16.4. The number of nitrogens with one attached hydrogen (secondary N) is 1. The van der Waals surface area contributed by atoms with Gasteiger partial charge in [0.25, 0.3) is 0 Å². The Morgan fingerprint density at radius 2 is 1.72 bits per heavy atom. The normalized spacial score (nSPS) is 19.3. The van der Waals surface area contributed by atoms with E-state index in [4.69, 9.17) is 34.8 Å². The molecular formula is C22H19Cl3N2O2. The van der Waals surface area contributed by atoms with Crippen molar-refractivity contribution >= 4 is 63.0 Å². The molecule has 0 spiro atoms. The monoisotopic (exact) mass is 448 g/mol. The summed E-state index contributed by atoms with van der Waals surface area (Å²) in [6, 6.07) is 10.3. The van der Waals surface area contributed by atoms with Crippen molar-refractivity contribution in [3.05, 3.63) is 63.8 Å². The number of carboxylic acid groups (broad SMARTS) is 1. The number of alkyl halides is 1. The Morgan fingerprint density at radius 3 is 2.45 bits per heavy atom. The summed E-state index contributed by atoms with van der Waals surface area (Å²) < 4.78 is 0. The molecule has 2 N–H and O–H groups in total. The molecule has 4 nitrogen and oxygen atoms in total. The molecule has 7 heteroatoms. The molecule has 4 rings (SSSR count). The molecule has 0 amide bonds. The third-order valence-electron chi connectivity index (χ3n) is 5.43. The quantitative estimate of drug-likeness (QED) is 0.412. The number of halogens is 3. The molecule has 0 aliphatic heterocycles. The second-order valence-corrected chi connectivity index (χ2v) is 8.81. The Bertz CT molecular complexity index is 1080. The van der Waals surface area contributed by atoms with Gasteiger partial charge < -0.3 is 10.4 Å². The number of hydrogen-bond acceptors (Lipinski definition) is 3. The number of carbonyl (C=O) groups is 1. The highest BCUT2D eigenvalue weighted by Gasteiger charge is 2.25. The molecule has 0 atom stereocenters. The van der Waals surface area contributed by atoms with Gasteiger partial charge in [0, 0.05) is 27.0 Å². The van der Waals surface area contributed by atoms with Gasteiger partial charge in [0.2, 0.25) is 0 Å². The van der Waals surface area contributed by atoms with E-state index in [1.165, 1.54) is 6.07 Å². The van der Waals surface area contributed by atoms with Crippen molar-refractivity contribution in [3.8, 4) is 0 Å². The summed E-state index contributed by atoms with van der Waals surface area (Å²) in [5.74, 6) is -0.750. The highest BCUT2D eigenvalue weighted by atomic mass is 35.5. The topological polar surface area (TPSA) is 62.2 Å². The molecule has 0 unspecified atom stereocenters. The third kappa shape index (κ3) is 4.30. The largest absolute Gasteiger partial charge is 0.478 e. The fourth-order valence-corrected chi connectivity index (χ4v) is 4.53. The zero-order valence-electron chi connectivity index (χ0n) is 15.5. The summed E-state index contributed by atoms with van der Waals surface area (Å²) >= 11 is 18.6. The molecule has 3 aromatic rings. The number of aromatic carboxylic acids is 1. The Labute approximate surface area is 183 Å². The van der Waals surface area contributed by atoms with Crippen LogP contribution in [0.2, 0.25) is 10.0 Å². The van der Waals surface area contributed by atoms with E-state index in [1.54, 1.807) is 18.2 Å². The highest BCUT2D eigenvalue weighted by molar-refractivity contribution is 6.31. The number of nitrogens with zero attached hydrogens (tertiary/aromatic N) is 1. The lowest BCUT2D eigenvalue weighted by molar-refractivity contribution is 0.0698. The summed E-state index contributed by atoms with van der Waals surface area (Å²) in [6.45, 7) is 0. The van der Waals surface area contributed by atoms with Crippen LogP contribution in [0.25, 0.3) is 10.9 Å². The maximum absolute atomic E-state index is 11.8. The van der Waals surface area contributed by atoms with E-state index in [9.17, 15) is 9.90 Å². The molecule has 1 saturated carbocycles. The molecule has 0 bridgehead atoms. The number of anilines is 2. The zero-order chi connectivity index (χ0) is 20.5. The van der Waals surface area contributed by atoms with Gasteiger partial charge in [0.05, 0.1) is 22.5 Å². The summed E-state index contributed by atoms with van der Waals surface area (Å²) in [5.41, 5.74) is 3.26. The SMILES string of the molecule is O=C(O)c1cc(Cl)ccc1Nc1c(C2CCC(Cl)CC2)cnc2ccc(Cl)cc12. The summed E-state index contributed by atoms with van der Waals surface area (Å²) in [6.07, 6.45) is 5.70. The van der Waals surface area contributed by atoms with Crippen LogP contribution in [0.4, 0.5) is 11.4 Å². The minimum absolute atomic E-state index is 0.111. The molecule has 1 aliphatic carbocycles. The van der Waals surface area contributed by atoms with E-state index in [1.807, 2.05) is 18.3 Å². The van der Waals surface area contributed by atoms with Crippen LogP contribution in [-0.4, -0.2) is 21.4 Å². The smallest absolute Gasteiger partial charge is 0.337 e. The predicted octanol–water partition coefficient (Wildman–Crippen LogP) is 7.25. The fourth-order valence-electron chi connectivity index (χ4n) is 3.93. The van der Waals surface area contributed by atoms with E-state index in [2.05, 4.69) is 10.3 Å². The first-order valence-corrected chi connectivity index (χ1v) is 10.6. The molecule has 150 valence electrons. The fraction of sp³-hybridized carbons (Fsp3) is 0.273. The Morgan fingerprint density at radius 1 is 1.03 bits per heavy atom. The lowest BCUT2D eigenvalue weighted by atomic mass is 9.83. The number of hydrogen-bond donors (Lipinski definition) is 2. The number of rotatable bonds is 4. The van der Waals surface area contributed by atoms with Crippen LogP contribution in [0, 0.1) is 0 Å². The zero-order valence-corrected chi connectivity index (χ0v) is 17.7. The average Bonchev–Trinajstić information content (AvgIpc) is 2.70. The van der Waals surface area contributed by atoms with E-state index in [0.29, 0.717) is 21.7 Å². The molecule has 1 aliphatic rings. The van der Waals surface area contributed by atoms with E-state index in [-0.39, 0.29) is 10.9 Å². The highest BCUT2D eigenvalue weighted by Crippen LogP contribution is 2.42. The second kappa shape index (κ2) is 8.39. The molecule has 0 radical (unpaired) electrons. The Hall–Kier alpha value is -2.01. The first-order valence-electron chi connectivity index (χ1n) is 9.44. The molecule has 1 heterocycles. The van der Waals surface area contributed by atoms with Gasteiger partial charge >= 0.3 is 5.97 Å². The van der Waals surface area contributed by atoms with Crippen molar-refractivity contribution in [2.75, 3.05) is 5.32 Å². The van der Waals surface area contributed by atoms with Crippen molar-refractivity contribution < 1.29 is 9.90 Å². The first-order chi connectivity index (χ1) is 13.9. The minimum Gasteiger partial charge on any atom is -0.478 e. The second-order valence-electron chi connectivity index (χ2n) is 7.32. The summed E-state index contributed by atoms with van der Waals surface area (Å²) in [5, 5.41) is 15.0. The molecule has 2 aromatic carbocycles. The average molecular weight is 450 g/mol. The molecule has 29 heavy (non-hydrogen) atoms. The van der Waals surface area contributed by atoms with Crippen molar-refractivity contribution in [1.82, 2.24) is 4.98 Å². The van der Waals surface area contributed by atoms with Crippen LogP contribution < -0.4 is 5.32 Å². The first kappa shape index (κ1) is 20.3. The minimum atomic E-state index is -1.05. The van der Waals surface area contributed by atoms with Crippen LogP contribution >= 0.6 is 34.8 Å². The number of benzene rings is 2. The van der Waals surface area contributed by atoms with Crippen molar-refractivity contribution in [1.29, 1.82) is 0 Å². The van der Waals surface area contributed by atoms with Gasteiger partial charge in [-0.3, -0.25) is 4.98 Å². The van der Waals surface area contributed by atoms with Crippen LogP contribution in [0.5, 0.6) is 0 Å². The van der Waals surface area contributed by atoms with Crippen molar-refractivity contribution in [3.63, 3.8) is 0 Å². The molecule has 0 saturated heterocycles. The predicted molar refractivity (Wildman–Crippen MR) is 119 cm³/mol. The summed E-state index contributed by atoms with van der Waals surface area (Å²) in [7, 11) is 0. The van der Waals surface area contributed by atoms with Crippen LogP contribution in [0.15, 0.2) is 42.6 Å². The third-order valence-corrected chi connectivity index (χ3v) is 6.33. The molecule has 1 fully saturated rings. The van der Waals surface area contributed by atoms with Gasteiger partial charge in [-0.05, 0) is 73.6 Å². The standard InChI is InChI=1S/C22H19Cl3N2O2/c23-13-3-1-12(2-4-13)18-11-26-19-7-5-14(24)9-16(19)21(18)27-20-8-6-15(25)10-17(20)22(28)29/h5-13H,1-4H2,(H,26,27)(H,28,29). The lowest BCUT2D eigenvalue weighted by Crippen LogP contribution is -2.15. The number of aromatic nitrogens is 1. The van der Waals surface area contributed by atoms with E-state index < -0.39 is 5.97 Å². The molecular weight excluding hydrogens is 431 g/mol. The molecule has 1 aromatic heterocycles. The maximum Gasteiger partial charge on any atom is 0.337 e. The lowest BCUT2D eigenvalue weighted by Gasteiger charge is -2.28. The van der Waals surface area contributed by atoms with Gasteiger partial charge in [-0.1, -0.05) is 23.2 Å². The number of carboxylic acids is 1. The van der Waals surface area contributed by atoms with Crippen molar-refractivity contribution in [2.24, 2.45) is 0 Å². The van der Waals surface area contributed by atoms with Gasteiger partial charge in [0.15, 0.2) is 0 Å². The van der Waals surface area contributed by atoms with Crippen LogP contribution in [0.1, 0.15) is 47.5 Å². The maximum atomic E-state index is 11.8. The Balaban J connectivity index is 1.86. The number of fused-ring (bicyclic) bond motifs is 1. The number of pyridine rings is 1. The van der Waals surface area contributed by atoms with Gasteiger partial charge in [-0.15, -0.1) is 11.6 Å². The van der Waals surface area contributed by atoms with Crippen LogP contribution in [-0.2, 0) is 0 Å². The van der Waals surface area contributed by atoms with E-state index in [0.717, 1.165) is 47.8 Å². The van der Waals surface area contributed by atoms with Gasteiger partial charge in [-0.2, -0.15) is 0 Å². The Kier molecular flexibility index (Phi) is 5.86. The van der Waals surface area contributed by atoms with Crippen molar-refractivity contribution in [2.45, 2.75) is 37.0 Å². The van der Waals surface area contributed by atoms with Gasteiger partial charge in [0.1, 0.15) is 0 Å².